The summed E-state index contributed by atoms with van der Waals surface area (Å²) < 4.78 is 16.0. The number of nitrogens with two attached hydrogens (primary N) is 1. The van der Waals surface area contributed by atoms with Gasteiger partial charge in [0.1, 0.15) is 28.7 Å². The van der Waals surface area contributed by atoms with Gasteiger partial charge in [-0.15, -0.1) is 0 Å². The fourth-order valence-electron chi connectivity index (χ4n) is 6.75. The van der Waals surface area contributed by atoms with Crippen LogP contribution in [0.15, 0.2) is 35.1 Å². The van der Waals surface area contributed by atoms with Gasteiger partial charge in [-0.1, -0.05) is 25.5 Å². The van der Waals surface area contributed by atoms with Crippen molar-refractivity contribution in [3.8, 4) is 5.75 Å². The zero-order valence-electron chi connectivity index (χ0n) is 23.1. The van der Waals surface area contributed by atoms with Crippen LogP contribution in [0.2, 0.25) is 0 Å². The Hall–Kier alpha value is -3.80. The number of Topliss-reactive ketones (excluding diaryl/α,β-unsaturated/α-hetero) is 2. The fourth-order valence-corrected chi connectivity index (χ4v) is 6.75. The molecule has 10 nitrogen and oxygen atoms in total. The maximum absolute atomic E-state index is 16.0. The summed E-state index contributed by atoms with van der Waals surface area (Å²) in [5, 5.41) is 48.9. The molecule has 0 aliphatic heterocycles. The van der Waals surface area contributed by atoms with Gasteiger partial charge < -0.3 is 31.5 Å². The van der Waals surface area contributed by atoms with Crippen molar-refractivity contribution < 1.29 is 39.2 Å². The van der Waals surface area contributed by atoms with Gasteiger partial charge in [0, 0.05) is 34.4 Å². The van der Waals surface area contributed by atoms with Crippen molar-refractivity contribution >= 4 is 34.0 Å². The number of hydrogen-bond donors (Lipinski definition) is 6. The second-order valence-corrected chi connectivity index (χ2v) is 11.4. The van der Waals surface area contributed by atoms with E-state index in [4.69, 9.17) is 5.73 Å². The first-order chi connectivity index (χ1) is 19.4. The van der Waals surface area contributed by atoms with Crippen LogP contribution >= 0.6 is 0 Å². The number of likely N-dealkylation sites (N-methyl/N-ethyl adjacent to an activating group) is 1. The number of nitrogens with one attached hydrogen (secondary N) is 1. The zero-order valence-corrected chi connectivity index (χ0v) is 23.1. The molecule has 2 aromatic rings. The maximum Gasteiger partial charge on any atom is 0.255 e. The normalized spacial score (nSPS) is 26.0. The number of hydrogen-bond acceptors (Lipinski definition) is 9. The molecular weight excluding hydrogens is 533 g/mol. The third-order valence-corrected chi connectivity index (χ3v) is 8.73. The summed E-state index contributed by atoms with van der Waals surface area (Å²) in [6.07, 6.45) is 1.80. The number of nitrogens with zero attached hydrogens (tertiary/aromatic N) is 1. The Kier molecular flexibility index (Phi) is 7.17. The predicted octanol–water partition coefficient (Wildman–Crippen LogP) is 2.15. The van der Waals surface area contributed by atoms with Gasteiger partial charge in [-0.05, 0) is 57.5 Å². The molecular formula is C30H34FN3O7. The Morgan fingerprint density at radius 3 is 2.54 bits per heavy atom. The highest BCUT2D eigenvalue weighted by molar-refractivity contribution is 6.24. The second-order valence-electron chi connectivity index (χ2n) is 11.4. The van der Waals surface area contributed by atoms with Crippen molar-refractivity contribution in [2.75, 3.05) is 20.6 Å². The van der Waals surface area contributed by atoms with Crippen LogP contribution in [0.3, 0.4) is 0 Å². The number of phenols is 1. The molecule has 1 fully saturated rings. The molecule has 0 spiro atoms. The number of unbranched alkanes of at least 4 members (excludes halogenated alkanes) is 1. The number of halogens is 1. The molecule has 2 aromatic carbocycles. The minimum Gasteiger partial charge on any atom is -0.508 e. The second kappa shape index (κ2) is 10.2. The summed E-state index contributed by atoms with van der Waals surface area (Å²) in [5.74, 6) is -8.29. The van der Waals surface area contributed by atoms with Crippen molar-refractivity contribution in [1.29, 1.82) is 0 Å². The third kappa shape index (κ3) is 4.13. The van der Waals surface area contributed by atoms with E-state index in [1.165, 1.54) is 19.0 Å². The summed E-state index contributed by atoms with van der Waals surface area (Å²) in [6, 6.07) is 3.74. The molecule has 4 atom stereocenters. The largest absolute Gasteiger partial charge is 0.508 e. The van der Waals surface area contributed by atoms with Crippen molar-refractivity contribution in [3.05, 3.63) is 57.6 Å². The first kappa shape index (κ1) is 28.7. The fraction of sp³-hybridized carbons (Fsp3) is 0.433. The number of aliphatic hydroxyl groups is 3. The molecule has 0 heterocycles. The summed E-state index contributed by atoms with van der Waals surface area (Å²) in [5.41, 5.74) is 1.93. The molecule has 1 saturated carbocycles. The first-order valence-electron chi connectivity index (χ1n) is 13.7. The van der Waals surface area contributed by atoms with Crippen LogP contribution in [-0.4, -0.2) is 75.1 Å². The van der Waals surface area contributed by atoms with E-state index in [2.05, 4.69) is 12.2 Å². The van der Waals surface area contributed by atoms with Crippen LogP contribution in [0.5, 0.6) is 5.75 Å². The quantitative estimate of drug-likeness (QED) is 0.216. The number of aromatic hydroxyl groups is 1. The third-order valence-electron chi connectivity index (χ3n) is 8.73. The lowest BCUT2D eigenvalue weighted by atomic mass is 9.57. The Labute approximate surface area is 235 Å². The number of phenolic OH excluding ortho intramolecular Hbond substituents is 1. The molecule has 0 radical (unpaired) electrons. The Morgan fingerprint density at radius 1 is 1.20 bits per heavy atom. The topological polar surface area (TPSA) is 173 Å². The molecule has 41 heavy (non-hydrogen) atoms. The molecule has 11 heteroatoms. The van der Waals surface area contributed by atoms with Gasteiger partial charge in [-0.2, -0.15) is 0 Å². The van der Waals surface area contributed by atoms with Crippen molar-refractivity contribution in [2.24, 2.45) is 17.6 Å². The van der Waals surface area contributed by atoms with Gasteiger partial charge in [-0.3, -0.25) is 19.3 Å². The summed E-state index contributed by atoms with van der Waals surface area (Å²) in [7, 11) is 3.04. The molecule has 0 saturated heterocycles. The van der Waals surface area contributed by atoms with Gasteiger partial charge in [0.25, 0.3) is 5.91 Å². The van der Waals surface area contributed by atoms with Gasteiger partial charge in [0.2, 0.25) is 5.78 Å². The molecule has 0 unspecified atom stereocenters. The number of amides is 1. The predicted molar refractivity (Wildman–Crippen MR) is 148 cm³/mol. The first-order valence-corrected chi connectivity index (χ1v) is 13.7. The van der Waals surface area contributed by atoms with Crippen LogP contribution in [0.4, 0.5) is 4.39 Å². The highest BCUT2D eigenvalue weighted by atomic mass is 19.1. The smallest absolute Gasteiger partial charge is 0.255 e. The van der Waals surface area contributed by atoms with Crippen LogP contribution in [0.1, 0.15) is 42.9 Å². The number of fused-ring (bicyclic) bond motifs is 4. The van der Waals surface area contributed by atoms with E-state index in [0.717, 1.165) is 24.9 Å². The summed E-state index contributed by atoms with van der Waals surface area (Å²) >= 11 is 0. The molecule has 5 rings (SSSR count). The molecule has 0 bridgehead atoms. The Morgan fingerprint density at radius 2 is 1.90 bits per heavy atom. The number of carbonyl (C=O) groups is 3. The zero-order chi connectivity index (χ0) is 30.0. The lowest BCUT2D eigenvalue weighted by Gasteiger charge is -2.50. The highest BCUT2D eigenvalue weighted by Gasteiger charge is 2.64. The summed E-state index contributed by atoms with van der Waals surface area (Å²) in [4.78, 5) is 40.7. The number of carbonyl (C=O) groups excluding carboxylic acids is 3. The number of aliphatic hydroxyl groups excluding tert-OH is 2. The average Bonchev–Trinajstić information content (AvgIpc) is 2.91. The molecule has 0 aromatic heterocycles. The molecule has 1 amide bonds. The minimum absolute atomic E-state index is 0.00874. The van der Waals surface area contributed by atoms with Gasteiger partial charge in [0.15, 0.2) is 11.4 Å². The van der Waals surface area contributed by atoms with Crippen LogP contribution < -0.4 is 11.1 Å². The van der Waals surface area contributed by atoms with Gasteiger partial charge >= 0.3 is 0 Å². The monoisotopic (exact) mass is 567 g/mol. The van der Waals surface area contributed by atoms with E-state index in [1.54, 1.807) is 18.2 Å². The van der Waals surface area contributed by atoms with E-state index in [1.807, 2.05) is 0 Å². The van der Waals surface area contributed by atoms with Crippen LogP contribution in [0.25, 0.3) is 16.5 Å². The number of benzene rings is 2. The SMILES string of the molecule is CCCCNCc1ccc2c(F)c3c(c(O)c2c1)C(O)=C1C(=O)[C@]2(O)C(O)=C(C(N)=O)C(=O)[C@@H](N(C)C)[C@@H]2C[C@@H]1C3. The standard InChI is InChI=1S/C30H34FN3O7/c1-4-5-8-33-12-13-6-7-15-16(9-13)24(35)20-17(22(15)31)10-14-11-18-23(34(2)3)26(37)21(29(32)40)28(39)30(18,41)27(38)19(14)25(20)36/h6-7,9,14,18,23,33,35-36,39,41H,4-5,8,10-12H2,1-3H3,(H2,32,40)/t14-,18-,23-,30-/m0/s1. The Bertz CT molecular complexity index is 1560. The van der Waals surface area contributed by atoms with Gasteiger partial charge in [-0.25, -0.2) is 4.39 Å². The molecule has 7 N–H and O–H groups in total. The van der Waals surface area contributed by atoms with E-state index < -0.39 is 69.6 Å². The van der Waals surface area contributed by atoms with E-state index >= 15 is 4.39 Å². The Balaban J connectivity index is 1.67. The van der Waals surface area contributed by atoms with Gasteiger partial charge in [0.05, 0.1) is 11.6 Å². The lowest BCUT2D eigenvalue weighted by Crippen LogP contribution is -2.65. The van der Waals surface area contributed by atoms with Crippen molar-refractivity contribution in [3.63, 3.8) is 0 Å². The molecule has 3 aliphatic carbocycles. The highest BCUT2D eigenvalue weighted by Crippen LogP contribution is 2.53. The van der Waals surface area contributed by atoms with Crippen molar-refractivity contribution in [1.82, 2.24) is 10.2 Å². The number of rotatable bonds is 7. The number of ketones is 2. The molecule has 3 aliphatic rings. The van der Waals surface area contributed by atoms with Crippen LogP contribution in [-0.2, 0) is 27.3 Å². The van der Waals surface area contributed by atoms with E-state index in [0.29, 0.717) is 6.54 Å². The number of primary amides is 1. The average molecular weight is 568 g/mol. The van der Waals surface area contributed by atoms with Crippen LogP contribution in [0, 0.1) is 17.7 Å². The van der Waals surface area contributed by atoms with Crippen molar-refractivity contribution in [2.45, 2.75) is 50.8 Å². The molecule has 218 valence electrons. The lowest BCUT2D eigenvalue weighted by molar-refractivity contribution is -0.153. The minimum atomic E-state index is -2.74. The summed E-state index contributed by atoms with van der Waals surface area (Å²) in [6.45, 7) is 3.35. The van der Waals surface area contributed by atoms with E-state index in [9.17, 15) is 34.8 Å². The van der Waals surface area contributed by atoms with E-state index in [-0.39, 0.29) is 40.3 Å². The maximum atomic E-state index is 16.0.